The fourth-order valence-corrected chi connectivity index (χ4v) is 4.96. The van der Waals surface area contributed by atoms with Crippen molar-refractivity contribution in [1.82, 2.24) is 9.55 Å². The fourth-order valence-electron chi connectivity index (χ4n) is 4.96. The van der Waals surface area contributed by atoms with Gasteiger partial charge in [0.05, 0.1) is 35.1 Å². The molecule has 0 saturated heterocycles. The summed E-state index contributed by atoms with van der Waals surface area (Å²) >= 11 is 0. The summed E-state index contributed by atoms with van der Waals surface area (Å²) in [5.74, 6) is -0.265. The van der Waals surface area contributed by atoms with Crippen LogP contribution >= 0.6 is 0 Å². The van der Waals surface area contributed by atoms with E-state index in [1.165, 1.54) is 6.07 Å². The lowest BCUT2D eigenvalue weighted by molar-refractivity contribution is -0.129. The van der Waals surface area contributed by atoms with Crippen LogP contribution in [0.4, 0.5) is 4.39 Å². The van der Waals surface area contributed by atoms with Crippen molar-refractivity contribution < 1.29 is 19.0 Å². The van der Waals surface area contributed by atoms with Gasteiger partial charge in [-0.1, -0.05) is 0 Å². The molecule has 1 aliphatic heterocycles. The second-order valence-electron chi connectivity index (χ2n) is 8.07. The summed E-state index contributed by atoms with van der Waals surface area (Å²) in [6.45, 7) is 3.82. The van der Waals surface area contributed by atoms with Crippen molar-refractivity contribution in [2.24, 2.45) is 0 Å². The molecule has 1 atom stereocenters. The van der Waals surface area contributed by atoms with Crippen LogP contribution in [-0.2, 0) is 35.5 Å². The average molecular weight is 408 g/mol. The van der Waals surface area contributed by atoms with E-state index in [2.05, 4.69) is 0 Å². The molecule has 154 valence electrons. The molecule has 3 heterocycles. The first-order valence-electron chi connectivity index (χ1n) is 10.1. The number of carbonyl (C=O) groups excluding carboxylic acids is 1. The van der Waals surface area contributed by atoms with E-state index in [9.17, 15) is 19.1 Å². The highest BCUT2D eigenvalue weighted by Gasteiger charge is 2.31. The van der Waals surface area contributed by atoms with E-state index in [1.807, 2.05) is 0 Å². The number of aliphatic hydroxyl groups is 1. The predicted molar refractivity (Wildman–Crippen MR) is 109 cm³/mol. The van der Waals surface area contributed by atoms with Crippen LogP contribution in [0.25, 0.3) is 22.3 Å². The Morgan fingerprint density at radius 3 is 2.80 bits per heavy atom. The number of hydrogen-bond acceptors (Lipinski definition) is 5. The summed E-state index contributed by atoms with van der Waals surface area (Å²) in [5.41, 5.74) is 6.02. The highest BCUT2D eigenvalue weighted by Crippen LogP contribution is 2.41. The number of halogens is 1. The molecule has 7 heteroatoms. The zero-order valence-electron chi connectivity index (χ0n) is 16.8. The normalized spacial score (nSPS) is 15.1. The topological polar surface area (TPSA) is 81.4 Å². The molecule has 0 amide bonds. The molecule has 1 unspecified atom stereocenters. The molecule has 1 aromatic carbocycles. The zero-order chi connectivity index (χ0) is 21.2. The van der Waals surface area contributed by atoms with Gasteiger partial charge in [0.25, 0.3) is 12.0 Å². The van der Waals surface area contributed by atoms with Crippen LogP contribution < -0.4 is 5.56 Å². The molecule has 1 N–H and O–H groups in total. The van der Waals surface area contributed by atoms with Gasteiger partial charge in [-0.2, -0.15) is 0 Å². The van der Waals surface area contributed by atoms with E-state index >= 15 is 0 Å². The minimum Gasteiger partial charge on any atom is -0.463 e. The van der Waals surface area contributed by atoms with Gasteiger partial charge < -0.3 is 14.4 Å². The van der Waals surface area contributed by atoms with Crippen molar-refractivity contribution >= 4 is 17.4 Å². The van der Waals surface area contributed by atoms with E-state index in [0.29, 0.717) is 34.6 Å². The number of carbonyl (C=O) groups is 1. The summed E-state index contributed by atoms with van der Waals surface area (Å²) in [4.78, 5) is 28.6. The van der Waals surface area contributed by atoms with Crippen molar-refractivity contribution in [2.75, 3.05) is 0 Å². The predicted octanol–water partition coefficient (Wildman–Crippen LogP) is 3.09. The number of hydrogen-bond donors (Lipinski definition) is 1. The van der Waals surface area contributed by atoms with Crippen molar-refractivity contribution in [3.05, 3.63) is 61.7 Å². The summed E-state index contributed by atoms with van der Waals surface area (Å²) in [6, 6.07) is 3.22. The van der Waals surface area contributed by atoms with Crippen LogP contribution in [0.15, 0.2) is 16.9 Å². The molecular weight excluding hydrogens is 387 g/mol. The van der Waals surface area contributed by atoms with E-state index in [4.69, 9.17) is 9.72 Å². The zero-order valence-corrected chi connectivity index (χ0v) is 16.8. The van der Waals surface area contributed by atoms with Crippen molar-refractivity contribution in [2.45, 2.75) is 52.4 Å². The lowest BCUT2D eigenvalue weighted by Crippen LogP contribution is -2.26. The third-order valence-electron chi connectivity index (χ3n) is 6.41. The maximum Gasteiger partial charge on any atom is 0.293 e. The quantitative estimate of drug-likeness (QED) is 0.525. The summed E-state index contributed by atoms with van der Waals surface area (Å²) in [6.07, 6.45) is 1.68. The minimum absolute atomic E-state index is 0.198. The number of aryl methyl sites for hydroxylation is 2. The monoisotopic (exact) mass is 408 g/mol. The Labute approximate surface area is 171 Å². The molecule has 0 fully saturated rings. The van der Waals surface area contributed by atoms with E-state index in [0.717, 1.165) is 41.3 Å². The smallest absolute Gasteiger partial charge is 0.293 e. The van der Waals surface area contributed by atoms with Gasteiger partial charge in [-0.15, -0.1) is 0 Å². The Hall–Kier alpha value is -3.06. The summed E-state index contributed by atoms with van der Waals surface area (Å²) in [7, 11) is 0. The van der Waals surface area contributed by atoms with Crippen LogP contribution in [0.2, 0.25) is 0 Å². The van der Waals surface area contributed by atoms with Gasteiger partial charge in [-0.05, 0) is 61.4 Å². The van der Waals surface area contributed by atoms with Crippen molar-refractivity contribution in [3.8, 4) is 11.4 Å². The Morgan fingerprint density at radius 2 is 2.07 bits per heavy atom. The molecule has 0 bridgehead atoms. The molecule has 6 nitrogen and oxygen atoms in total. The Balaban J connectivity index is 1.81. The Kier molecular flexibility index (Phi) is 4.25. The SMILES string of the molecule is Cc1c(F)cc2nc3c(c4c2c1CCC4)Cn1c-3cc(C(C)O)c(COC=O)c1=O. The van der Waals surface area contributed by atoms with Gasteiger partial charge in [0.2, 0.25) is 0 Å². The number of fused-ring (bicyclic) bond motifs is 4. The van der Waals surface area contributed by atoms with Crippen LogP contribution in [-0.4, -0.2) is 21.1 Å². The van der Waals surface area contributed by atoms with Gasteiger partial charge in [0.1, 0.15) is 12.4 Å². The first kappa shape index (κ1) is 18.9. The van der Waals surface area contributed by atoms with Gasteiger partial charge >= 0.3 is 0 Å². The van der Waals surface area contributed by atoms with Crippen LogP contribution in [0.5, 0.6) is 0 Å². The van der Waals surface area contributed by atoms with E-state index < -0.39 is 6.10 Å². The molecule has 0 spiro atoms. The lowest BCUT2D eigenvalue weighted by Gasteiger charge is -2.21. The maximum atomic E-state index is 14.5. The number of aliphatic hydroxyl groups excluding tert-OH is 1. The number of ether oxygens (including phenoxy) is 1. The second-order valence-corrected chi connectivity index (χ2v) is 8.07. The minimum atomic E-state index is -0.914. The molecule has 2 aromatic heterocycles. The number of aromatic nitrogens is 2. The standard InChI is InChI=1S/C23H21FN2O4/c1-11-13-4-3-5-14-16-8-26-20(22(16)25-19(21(13)14)7-18(11)24)6-15(12(2)28)17(23(26)29)9-30-10-27/h6-7,10,12,28H,3-5,8-9H2,1-2H3. The summed E-state index contributed by atoms with van der Waals surface area (Å²) in [5, 5.41) is 11.2. The van der Waals surface area contributed by atoms with Gasteiger partial charge in [0, 0.05) is 17.0 Å². The molecule has 2 aliphatic rings. The number of pyridine rings is 2. The molecule has 30 heavy (non-hydrogen) atoms. The molecule has 3 aromatic rings. The second kappa shape index (κ2) is 6.74. The highest BCUT2D eigenvalue weighted by atomic mass is 19.1. The third kappa shape index (κ3) is 2.55. The molecule has 0 radical (unpaired) electrons. The first-order chi connectivity index (χ1) is 14.4. The first-order valence-corrected chi connectivity index (χ1v) is 10.1. The molecule has 1 aliphatic carbocycles. The maximum absolute atomic E-state index is 14.5. The van der Waals surface area contributed by atoms with Gasteiger partial charge in [0.15, 0.2) is 0 Å². The van der Waals surface area contributed by atoms with E-state index in [-0.39, 0.29) is 30.0 Å². The van der Waals surface area contributed by atoms with Gasteiger partial charge in [-0.25, -0.2) is 9.37 Å². The van der Waals surface area contributed by atoms with Crippen LogP contribution in [0.3, 0.4) is 0 Å². The third-order valence-corrected chi connectivity index (χ3v) is 6.41. The molecule has 5 rings (SSSR count). The van der Waals surface area contributed by atoms with Gasteiger partial charge in [-0.3, -0.25) is 9.59 Å². The average Bonchev–Trinajstić information content (AvgIpc) is 3.10. The number of rotatable bonds is 4. The largest absolute Gasteiger partial charge is 0.463 e. The Bertz CT molecular complexity index is 1290. The highest BCUT2D eigenvalue weighted by molar-refractivity contribution is 5.92. The molecular formula is C23H21FN2O4. The number of benzene rings is 1. The Morgan fingerprint density at radius 1 is 1.30 bits per heavy atom. The van der Waals surface area contributed by atoms with Crippen LogP contribution in [0.1, 0.15) is 52.8 Å². The lowest BCUT2D eigenvalue weighted by atomic mass is 9.85. The summed E-state index contributed by atoms with van der Waals surface area (Å²) < 4.78 is 21.0. The fraction of sp³-hybridized carbons (Fsp3) is 0.348. The molecule has 0 saturated carbocycles. The van der Waals surface area contributed by atoms with Crippen LogP contribution in [0, 0.1) is 12.7 Å². The van der Waals surface area contributed by atoms with E-state index in [1.54, 1.807) is 24.5 Å². The van der Waals surface area contributed by atoms with Crippen molar-refractivity contribution in [1.29, 1.82) is 0 Å². The number of nitrogens with zero attached hydrogens (tertiary/aromatic N) is 2. The van der Waals surface area contributed by atoms with Crippen molar-refractivity contribution in [3.63, 3.8) is 0 Å².